The van der Waals surface area contributed by atoms with Gasteiger partial charge in [0.25, 0.3) is 0 Å². The van der Waals surface area contributed by atoms with Crippen LogP contribution in [0.5, 0.6) is 0 Å². The Bertz CT molecular complexity index is 140. The Labute approximate surface area is 41.5 Å². The average Bonchev–Trinajstić information content (AvgIpc) is 1.85. The Morgan fingerprint density at radius 2 is 3.33 bits per heavy atom. The van der Waals surface area contributed by atoms with E-state index >= 15 is 0 Å². The molecule has 3 heteroatoms. The molecule has 3 N–H and O–H groups in total. The van der Waals surface area contributed by atoms with Crippen molar-refractivity contribution in [2.45, 2.75) is 12.9 Å². The van der Waals surface area contributed by atoms with Gasteiger partial charge in [-0.25, -0.2) is 0 Å². The summed E-state index contributed by atoms with van der Waals surface area (Å²) in [4.78, 5) is 10.1. The second kappa shape index (κ2) is 1.77. The van der Waals surface area contributed by atoms with Gasteiger partial charge in [-0.1, -0.05) is 0 Å². The molecule has 3 nitrogen and oxygen atoms in total. The number of carboxylic acid groups (broad SMARTS) is 1. The molecule has 0 aliphatic carbocycles. The largest absolute Gasteiger partial charge is 0.480 e. The number of nitrogens with two attached hydrogens (primary N) is 1. The van der Waals surface area contributed by atoms with Crippen LogP contribution in [0.2, 0.25) is 2.82 Å². The molecule has 0 saturated heterocycles. The van der Waals surface area contributed by atoms with Gasteiger partial charge in [-0.15, -0.1) is 0 Å². The van der Waals surface area contributed by atoms with Crippen LogP contribution in [-0.2, 0) is 4.79 Å². The first kappa shape index (κ1) is 1.50. The maximum atomic E-state index is 10.1. The fourth-order valence-corrected chi connectivity index (χ4v) is 0. The van der Waals surface area contributed by atoms with Crippen LogP contribution in [0.1, 0.15) is 9.64 Å². The predicted octanol–water partition coefficient (Wildman–Crippen LogP) is -0.582. The summed E-state index contributed by atoms with van der Waals surface area (Å²) in [6.45, 7) is -0.838. The van der Waals surface area contributed by atoms with Crippen LogP contribution < -0.4 is 5.72 Å². The molecule has 6 heavy (non-hydrogen) atoms. The topological polar surface area (TPSA) is 63.3 Å². The van der Waals surface area contributed by atoms with Crippen molar-refractivity contribution in [3.05, 3.63) is 0 Å². The van der Waals surface area contributed by atoms with Crippen LogP contribution >= 0.6 is 0 Å². The summed E-state index contributed by atoms with van der Waals surface area (Å²) in [5, 5.41) is 8.21. The summed E-state index contributed by atoms with van der Waals surface area (Å²) in [5.74, 6) is -1.66. The Hall–Kier alpha value is -0.570. The van der Waals surface area contributed by atoms with Crippen molar-refractivity contribution >= 4 is 5.97 Å². The molecule has 36 valence electrons. The molecule has 0 spiro atoms. The van der Waals surface area contributed by atoms with E-state index in [-0.39, 0.29) is 5.72 Å². The van der Waals surface area contributed by atoms with Gasteiger partial charge in [-0.2, -0.15) is 0 Å². The summed E-state index contributed by atoms with van der Waals surface area (Å²) >= 11 is 0. The van der Waals surface area contributed by atoms with Crippen molar-refractivity contribution in [1.29, 1.82) is 0 Å². The Balaban J connectivity index is 4.38. The molecule has 0 amide bonds. The lowest BCUT2D eigenvalue weighted by atomic mass is 10.4. The predicted molar refractivity (Wildman–Crippen MR) is 21.3 cm³/mol. The minimum absolute atomic E-state index is 0.303. The van der Waals surface area contributed by atoms with Crippen LogP contribution in [0.3, 0.4) is 0 Å². The highest BCUT2D eigenvalue weighted by Crippen LogP contribution is 1.68. The van der Waals surface area contributed by atoms with Gasteiger partial charge in [0, 0.05) is 1.37 Å². The first-order valence-electron chi connectivity index (χ1n) is 3.36. The second-order valence-corrected chi connectivity index (χ2v) is 0.752. The molecule has 0 aromatic heterocycles. The van der Waals surface area contributed by atoms with Crippen LogP contribution in [0, 0.1) is 0 Å². The Morgan fingerprint density at radius 1 is 2.67 bits per heavy atom. The molecule has 0 bridgehead atoms. The van der Waals surface area contributed by atoms with E-state index in [0.29, 0.717) is 0 Å². The molecule has 0 aliphatic heterocycles. The molecular formula is C3H7NO2. The highest BCUT2D eigenvalue weighted by atomic mass is 16.4. The number of hydrogen-bond donors (Lipinski definition) is 2. The van der Waals surface area contributed by atoms with Crippen LogP contribution in [0.15, 0.2) is 0 Å². The van der Waals surface area contributed by atoms with E-state index in [9.17, 15) is 4.79 Å². The lowest BCUT2D eigenvalue weighted by molar-refractivity contribution is -0.138. The zero-order valence-electron chi connectivity index (χ0n) is 7.01. The van der Waals surface area contributed by atoms with Crippen LogP contribution in [0.25, 0.3) is 0 Å². The fraction of sp³-hybridized carbons (Fsp3) is 0.667. The Kier molecular flexibility index (Phi) is 0.442. The highest BCUT2D eigenvalue weighted by Gasteiger charge is 1.99. The third kappa shape index (κ3) is 1.72. The van der Waals surface area contributed by atoms with E-state index in [0.717, 1.165) is 0 Å². The molecule has 0 saturated carbocycles. The molecule has 0 aromatic carbocycles. The fourth-order valence-electron chi connectivity index (χ4n) is 0. The standard InChI is InChI=1S/C3H7NO2/c1-2(4)3(5)6/h2H,4H2,1H3,(H,5,6)/t2-/m0/s1/i1D,2D/hD2. The third-order valence-corrected chi connectivity index (χ3v) is 0.247. The van der Waals surface area contributed by atoms with Crippen molar-refractivity contribution in [2.75, 3.05) is 0 Å². The zero-order valence-corrected chi connectivity index (χ0v) is 3.01. The molecular weight excluding hydrogens is 82.0 g/mol. The second-order valence-electron chi connectivity index (χ2n) is 0.752. The van der Waals surface area contributed by atoms with Crippen LogP contribution in [0.4, 0.5) is 0 Å². The van der Waals surface area contributed by atoms with Gasteiger partial charge in [-0.05, 0) is 6.90 Å². The van der Waals surface area contributed by atoms with Crippen LogP contribution in [-0.4, -0.2) is 17.1 Å². The van der Waals surface area contributed by atoms with Gasteiger partial charge in [0.05, 0.1) is 1.37 Å². The van der Waals surface area contributed by atoms with E-state index < -0.39 is 18.9 Å². The first-order chi connectivity index (χ1) is 4.45. The average molecular weight is 93.1 g/mol. The smallest absolute Gasteiger partial charge is 0.320 e. The van der Waals surface area contributed by atoms with E-state index in [1.54, 1.807) is 0 Å². The van der Waals surface area contributed by atoms with Gasteiger partial charge < -0.3 is 10.8 Å². The molecule has 0 radical (unpaired) electrons. The van der Waals surface area contributed by atoms with Crippen molar-refractivity contribution in [3.8, 4) is 0 Å². The minimum Gasteiger partial charge on any atom is -0.480 e. The van der Waals surface area contributed by atoms with Crippen molar-refractivity contribution < 1.29 is 15.5 Å². The van der Waals surface area contributed by atoms with Gasteiger partial charge in [-0.3, -0.25) is 4.79 Å². The molecule has 0 aromatic rings. The summed E-state index contributed by atoms with van der Waals surface area (Å²) < 4.78 is 26.4. The Morgan fingerprint density at radius 3 is 3.33 bits per heavy atom. The lowest BCUT2D eigenvalue weighted by Crippen LogP contribution is -2.25. The SMILES string of the molecule is [2H]C[C@@]([2H])(C(=O)O)N([2H])[2H]. The van der Waals surface area contributed by atoms with Gasteiger partial charge >= 0.3 is 5.97 Å². The molecule has 0 unspecified atom stereocenters. The molecule has 1 atom stereocenters. The third-order valence-electron chi connectivity index (χ3n) is 0.247. The van der Waals surface area contributed by atoms with E-state index in [1.807, 2.05) is 0 Å². The molecule has 0 aliphatic rings. The summed E-state index contributed by atoms with van der Waals surface area (Å²) in [6.07, 6.45) is 0. The monoisotopic (exact) mass is 93.1 g/mol. The van der Waals surface area contributed by atoms with Gasteiger partial charge in [0.2, 0.25) is 0 Å². The highest BCUT2D eigenvalue weighted by molar-refractivity contribution is 5.72. The normalized spacial score (nSPS) is 28.8. The first-order valence-corrected chi connectivity index (χ1v) is 1.25. The molecule has 0 rings (SSSR count). The number of hydrogen-bond acceptors (Lipinski definition) is 2. The lowest BCUT2D eigenvalue weighted by Gasteiger charge is -1.90. The maximum Gasteiger partial charge on any atom is 0.320 e. The summed E-state index contributed by atoms with van der Waals surface area (Å²) in [6, 6.07) is -2.46. The van der Waals surface area contributed by atoms with Crippen molar-refractivity contribution in [3.63, 3.8) is 0 Å². The van der Waals surface area contributed by atoms with E-state index in [2.05, 4.69) is 0 Å². The van der Waals surface area contributed by atoms with E-state index in [4.69, 9.17) is 10.7 Å². The number of aliphatic carboxylic acids is 1. The van der Waals surface area contributed by atoms with Crippen molar-refractivity contribution in [2.24, 2.45) is 5.72 Å². The number of rotatable bonds is 2. The zero-order chi connectivity index (χ0) is 8.36. The van der Waals surface area contributed by atoms with E-state index in [1.165, 1.54) is 0 Å². The maximum absolute atomic E-state index is 10.1. The van der Waals surface area contributed by atoms with Gasteiger partial charge in [0.1, 0.15) is 8.84 Å². The summed E-state index contributed by atoms with van der Waals surface area (Å²) in [7, 11) is 0. The summed E-state index contributed by atoms with van der Waals surface area (Å²) in [5.41, 5.74) is -0.303. The number of carbonyl (C=O) groups is 1. The molecule has 0 heterocycles. The number of carboxylic acids is 1. The minimum atomic E-state index is -2.46. The molecule has 0 fully saturated rings. The quantitative estimate of drug-likeness (QED) is 0.480. The van der Waals surface area contributed by atoms with Gasteiger partial charge in [0.15, 0.2) is 0 Å². The van der Waals surface area contributed by atoms with Crippen molar-refractivity contribution in [1.82, 2.24) is 0 Å².